The summed E-state index contributed by atoms with van der Waals surface area (Å²) >= 11 is 0. The average Bonchev–Trinajstić information content (AvgIpc) is 2.84. The fraction of sp³-hybridized carbons (Fsp3) is 0.929. The summed E-state index contributed by atoms with van der Waals surface area (Å²) in [5.41, 5.74) is -1.39. The monoisotopic (exact) mass is 235 g/mol. The van der Waals surface area contributed by atoms with E-state index in [4.69, 9.17) is 4.74 Å². The van der Waals surface area contributed by atoms with E-state index in [1.807, 2.05) is 0 Å². The first kappa shape index (κ1) is 11.5. The van der Waals surface area contributed by atoms with E-state index < -0.39 is 11.0 Å². The Kier molecular flexibility index (Phi) is 2.34. The van der Waals surface area contributed by atoms with Crippen molar-refractivity contribution in [2.24, 2.45) is 17.3 Å². The Morgan fingerprint density at radius 3 is 2.41 bits per heavy atom. The normalized spacial score (nSPS) is 52.5. The van der Waals surface area contributed by atoms with Crippen molar-refractivity contribution in [3.63, 3.8) is 0 Å². The molecule has 3 fully saturated rings. The zero-order valence-corrected chi connectivity index (χ0v) is 10.6. The molecule has 1 N–H and O–H groups in total. The Morgan fingerprint density at radius 2 is 2.00 bits per heavy atom. The van der Waals surface area contributed by atoms with Crippen molar-refractivity contribution in [2.45, 2.75) is 63.8 Å². The van der Waals surface area contributed by atoms with E-state index in [-0.39, 0.29) is 12.2 Å². The molecule has 0 aromatic heterocycles. The van der Waals surface area contributed by atoms with Crippen LogP contribution in [-0.4, -0.2) is 22.9 Å². The van der Waals surface area contributed by atoms with E-state index in [1.54, 1.807) is 0 Å². The molecule has 1 saturated carbocycles. The van der Waals surface area contributed by atoms with Gasteiger partial charge < -0.3 is 9.84 Å². The first-order valence-electron chi connectivity index (χ1n) is 6.80. The molecule has 3 aliphatic rings. The maximum absolute atomic E-state index is 10.8. The molecule has 3 rings (SSSR count). The Morgan fingerprint density at radius 1 is 1.29 bits per heavy atom. The fourth-order valence-electron chi connectivity index (χ4n) is 4.06. The summed E-state index contributed by atoms with van der Waals surface area (Å²) in [6.45, 7) is 4.39. The smallest absolute Gasteiger partial charge is 0.114 e. The Labute approximate surface area is 103 Å². The SMILES string of the molecule is CC(C)C1CC(O)(C2(C#N)CC3CCC2O3)C1. The van der Waals surface area contributed by atoms with Gasteiger partial charge in [-0.3, -0.25) is 0 Å². The highest BCUT2D eigenvalue weighted by atomic mass is 16.5. The van der Waals surface area contributed by atoms with Crippen molar-refractivity contribution in [1.82, 2.24) is 0 Å². The summed E-state index contributed by atoms with van der Waals surface area (Å²) in [5.74, 6) is 1.18. The lowest BCUT2D eigenvalue weighted by molar-refractivity contribution is -0.170. The second kappa shape index (κ2) is 3.46. The minimum Gasteiger partial charge on any atom is -0.388 e. The van der Waals surface area contributed by atoms with E-state index in [1.165, 1.54) is 0 Å². The number of fused-ring (bicyclic) bond motifs is 2. The number of aliphatic hydroxyl groups is 1. The van der Waals surface area contributed by atoms with Gasteiger partial charge in [0.25, 0.3) is 0 Å². The number of rotatable bonds is 2. The van der Waals surface area contributed by atoms with E-state index in [0.717, 1.165) is 32.1 Å². The van der Waals surface area contributed by atoms with Gasteiger partial charge >= 0.3 is 0 Å². The summed E-state index contributed by atoms with van der Waals surface area (Å²) < 4.78 is 5.81. The van der Waals surface area contributed by atoms with Crippen LogP contribution in [0, 0.1) is 28.6 Å². The molecule has 0 aromatic rings. The van der Waals surface area contributed by atoms with Gasteiger partial charge in [0.2, 0.25) is 0 Å². The molecular formula is C14H21NO2. The van der Waals surface area contributed by atoms with Crippen LogP contribution in [0.5, 0.6) is 0 Å². The van der Waals surface area contributed by atoms with E-state index in [2.05, 4.69) is 19.9 Å². The first-order valence-corrected chi connectivity index (χ1v) is 6.80. The summed E-state index contributed by atoms with van der Waals surface area (Å²) in [6.07, 6.45) is 4.54. The summed E-state index contributed by atoms with van der Waals surface area (Å²) in [4.78, 5) is 0. The Bertz CT molecular complexity index is 367. The quantitative estimate of drug-likeness (QED) is 0.798. The topological polar surface area (TPSA) is 53.2 Å². The molecule has 0 amide bonds. The molecule has 2 heterocycles. The Balaban J connectivity index is 1.82. The summed E-state index contributed by atoms with van der Waals surface area (Å²) in [5, 5.41) is 20.4. The second-order valence-corrected chi connectivity index (χ2v) is 6.56. The van der Waals surface area contributed by atoms with Gasteiger partial charge in [-0.25, -0.2) is 0 Å². The van der Waals surface area contributed by atoms with Gasteiger partial charge in [-0.2, -0.15) is 5.26 Å². The minimum absolute atomic E-state index is 0.0180. The highest BCUT2D eigenvalue weighted by Gasteiger charge is 2.67. The third-order valence-corrected chi connectivity index (χ3v) is 5.38. The molecule has 94 valence electrons. The molecule has 3 heteroatoms. The zero-order chi connectivity index (χ0) is 12.3. The van der Waals surface area contributed by atoms with Crippen molar-refractivity contribution >= 4 is 0 Å². The van der Waals surface area contributed by atoms with Crippen molar-refractivity contribution in [3.05, 3.63) is 0 Å². The number of hydrogen-bond acceptors (Lipinski definition) is 3. The Hall–Kier alpha value is -0.590. The molecule has 2 saturated heterocycles. The van der Waals surface area contributed by atoms with E-state index in [0.29, 0.717) is 11.8 Å². The van der Waals surface area contributed by atoms with Crippen LogP contribution in [0.3, 0.4) is 0 Å². The van der Waals surface area contributed by atoms with E-state index >= 15 is 0 Å². The lowest BCUT2D eigenvalue weighted by Crippen LogP contribution is -2.61. The van der Waals surface area contributed by atoms with Gasteiger partial charge in [0.15, 0.2) is 0 Å². The molecule has 1 aliphatic carbocycles. The van der Waals surface area contributed by atoms with Gasteiger partial charge in [0, 0.05) is 0 Å². The number of nitrogens with zero attached hydrogens (tertiary/aromatic N) is 1. The highest BCUT2D eigenvalue weighted by Crippen LogP contribution is 2.61. The van der Waals surface area contributed by atoms with Crippen LogP contribution in [0.25, 0.3) is 0 Å². The molecule has 2 aliphatic heterocycles. The zero-order valence-electron chi connectivity index (χ0n) is 10.6. The number of hydrogen-bond donors (Lipinski definition) is 1. The molecule has 3 unspecified atom stereocenters. The number of nitriles is 1. The first-order chi connectivity index (χ1) is 8.01. The maximum Gasteiger partial charge on any atom is 0.114 e. The standard InChI is InChI=1S/C14H21NO2/c1-9(2)10-5-14(16,6-10)13(8-15)7-11-3-4-12(13)17-11/h9-12,16H,3-7H2,1-2H3. The van der Waals surface area contributed by atoms with Crippen molar-refractivity contribution in [2.75, 3.05) is 0 Å². The van der Waals surface area contributed by atoms with Crippen LogP contribution < -0.4 is 0 Å². The van der Waals surface area contributed by atoms with Gasteiger partial charge in [-0.15, -0.1) is 0 Å². The summed E-state index contributed by atoms with van der Waals surface area (Å²) in [6, 6.07) is 2.44. The molecule has 3 nitrogen and oxygen atoms in total. The van der Waals surface area contributed by atoms with Gasteiger partial charge in [-0.1, -0.05) is 13.8 Å². The van der Waals surface area contributed by atoms with Crippen LogP contribution in [0.4, 0.5) is 0 Å². The molecule has 0 aromatic carbocycles. The van der Waals surface area contributed by atoms with Crippen LogP contribution in [0.2, 0.25) is 0 Å². The van der Waals surface area contributed by atoms with Crippen LogP contribution >= 0.6 is 0 Å². The molecule has 17 heavy (non-hydrogen) atoms. The molecule has 0 radical (unpaired) electrons. The third kappa shape index (κ3) is 1.34. The van der Waals surface area contributed by atoms with Crippen LogP contribution in [0.1, 0.15) is 46.0 Å². The van der Waals surface area contributed by atoms with Gasteiger partial charge in [0.1, 0.15) is 5.41 Å². The van der Waals surface area contributed by atoms with E-state index in [9.17, 15) is 10.4 Å². The minimum atomic E-state index is -0.781. The molecule has 2 bridgehead atoms. The van der Waals surface area contributed by atoms with Gasteiger partial charge in [-0.05, 0) is 43.9 Å². The molecule has 0 spiro atoms. The predicted molar refractivity (Wildman–Crippen MR) is 63.1 cm³/mol. The van der Waals surface area contributed by atoms with Crippen LogP contribution in [-0.2, 0) is 4.74 Å². The second-order valence-electron chi connectivity index (χ2n) is 6.56. The highest BCUT2D eigenvalue weighted by molar-refractivity contribution is 5.24. The summed E-state index contributed by atoms with van der Waals surface area (Å²) in [7, 11) is 0. The van der Waals surface area contributed by atoms with Crippen molar-refractivity contribution in [1.29, 1.82) is 5.26 Å². The largest absolute Gasteiger partial charge is 0.388 e. The third-order valence-electron chi connectivity index (χ3n) is 5.38. The fourth-order valence-corrected chi connectivity index (χ4v) is 4.06. The predicted octanol–water partition coefficient (Wildman–Crippen LogP) is 2.24. The van der Waals surface area contributed by atoms with Crippen LogP contribution in [0.15, 0.2) is 0 Å². The van der Waals surface area contributed by atoms with Gasteiger partial charge in [0.05, 0.1) is 23.9 Å². The maximum atomic E-state index is 10.8. The lowest BCUT2D eigenvalue weighted by atomic mass is 9.51. The van der Waals surface area contributed by atoms with Crippen molar-refractivity contribution in [3.8, 4) is 6.07 Å². The number of ether oxygens (including phenoxy) is 1. The van der Waals surface area contributed by atoms with Crippen molar-refractivity contribution < 1.29 is 9.84 Å². The average molecular weight is 235 g/mol. The molecule has 3 atom stereocenters. The molecular weight excluding hydrogens is 214 g/mol. The lowest BCUT2D eigenvalue weighted by Gasteiger charge is -2.54.